The second-order valence-corrected chi connectivity index (χ2v) is 5.82. The number of rotatable bonds is 2. The van der Waals surface area contributed by atoms with Crippen LogP contribution >= 0.6 is 12.2 Å². The summed E-state index contributed by atoms with van der Waals surface area (Å²) in [7, 11) is 0. The third-order valence-corrected chi connectivity index (χ3v) is 4.22. The van der Waals surface area contributed by atoms with E-state index >= 15 is 0 Å². The third-order valence-electron chi connectivity index (χ3n) is 4.02. The fourth-order valence-electron chi connectivity index (χ4n) is 2.54. The van der Waals surface area contributed by atoms with Crippen LogP contribution < -0.4 is 10.6 Å². The van der Waals surface area contributed by atoms with Crippen LogP contribution in [0.3, 0.4) is 0 Å². The molecule has 2 atom stereocenters. The Hall–Kier alpha value is -1.16. The smallest absolute Gasteiger partial charge is 0.139 e. The normalized spacial score (nSPS) is 24.1. The molecule has 0 saturated carbocycles. The van der Waals surface area contributed by atoms with E-state index in [1.165, 1.54) is 6.42 Å². The molecule has 1 saturated heterocycles. The first-order valence-corrected chi connectivity index (χ1v) is 6.92. The number of hydrogen-bond acceptors (Lipinski definition) is 3. The van der Waals surface area contributed by atoms with E-state index < -0.39 is 0 Å². The summed E-state index contributed by atoms with van der Waals surface area (Å²) >= 11 is 5.17. The zero-order valence-electron chi connectivity index (χ0n) is 11.3. The summed E-state index contributed by atoms with van der Waals surface area (Å²) < 4.78 is 0. The highest BCUT2D eigenvalue weighted by Crippen LogP contribution is 2.28. The molecule has 3 nitrogen and oxygen atoms in total. The molecule has 4 heteroatoms. The molecule has 0 spiro atoms. The fourth-order valence-corrected chi connectivity index (χ4v) is 2.80. The van der Waals surface area contributed by atoms with Crippen molar-refractivity contribution in [2.45, 2.75) is 27.2 Å². The molecule has 1 aromatic rings. The van der Waals surface area contributed by atoms with Gasteiger partial charge >= 0.3 is 0 Å². The van der Waals surface area contributed by atoms with Crippen molar-refractivity contribution in [1.29, 1.82) is 0 Å². The van der Waals surface area contributed by atoms with Crippen molar-refractivity contribution in [1.82, 2.24) is 4.98 Å². The highest BCUT2D eigenvalue weighted by molar-refractivity contribution is 7.80. The van der Waals surface area contributed by atoms with E-state index in [1.54, 1.807) is 0 Å². The van der Waals surface area contributed by atoms with Crippen LogP contribution in [0.25, 0.3) is 0 Å². The zero-order chi connectivity index (χ0) is 13.3. The molecule has 1 fully saturated rings. The van der Waals surface area contributed by atoms with Gasteiger partial charge in [-0.05, 0) is 36.8 Å². The highest BCUT2D eigenvalue weighted by Gasteiger charge is 2.25. The second-order valence-electron chi connectivity index (χ2n) is 5.38. The summed E-state index contributed by atoms with van der Waals surface area (Å²) in [4.78, 5) is 7.27. The summed E-state index contributed by atoms with van der Waals surface area (Å²) in [5, 5.41) is 0. The number of pyridine rings is 1. The van der Waals surface area contributed by atoms with Gasteiger partial charge in [0.2, 0.25) is 0 Å². The lowest BCUT2D eigenvalue weighted by atomic mass is 9.88. The predicted molar refractivity (Wildman–Crippen MR) is 80.0 cm³/mol. The predicted octanol–water partition coefficient (Wildman–Crippen LogP) is 2.51. The number of aromatic nitrogens is 1. The van der Waals surface area contributed by atoms with Crippen LogP contribution in [0.5, 0.6) is 0 Å². The monoisotopic (exact) mass is 263 g/mol. The minimum absolute atomic E-state index is 0.446. The Kier molecular flexibility index (Phi) is 3.85. The van der Waals surface area contributed by atoms with E-state index in [0.29, 0.717) is 10.9 Å². The van der Waals surface area contributed by atoms with Gasteiger partial charge in [-0.3, -0.25) is 0 Å². The maximum absolute atomic E-state index is 5.85. The molecule has 0 bridgehead atoms. The van der Waals surface area contributed by atoms with Crippen molar-refractivity contribution in [2.24, 2.45) is 17.6 Å². The van der Waals surface area contributed by atoms with Crippen LogP contribution in [0.1, 0.15) is 31.4 Å². The second kappa shape index (κ2) is 5.22. The van der Waals surface area contributed by atoms with Gasteiger partial charge in [0.05, 0.1) is 5.56 Å². The Morgan fingerprint density at radius 1 is 1.44 bits per heavy atom. The van der Waals surface area contributed by atoms with E-state index in [-0.39, 0.29) is 0 Å². The molecule has 2 heterocycles. The van der Waals surface area contributed by atoms with Gasteiger partial charge in [0, 0.05) is 19.3 Å². The minimum Gasteiger partial charge on any atom is -0.389 e. The van der Waals surface area contributed by atoms with Crippen molar-refractivity contribution in [3.05, 3.63) is 23.4 Å². The maximum Gasteiger partial charge on any atom is 0.139 e. The molecule has 0 aromatic carbocycles. The summed E-state index contributed by atoms with van der Waals surface area (Å²) in [5.41, 5.74) is 7.90. The topological polar surface area (TPSA) is 42.2 Å². The Bertz CT molecular complexity index is 458. The van der Waals surface area contributed by atoms with Gasteiger partial charge in [0.25, 0.3) is 0 Å². The highest BCUT2D eigenvalue weighted by atomic mass is 32.1. The third kappa shape index (κ3) is 2.48. The SMILES string of the molecule is Cc1ccnc(N2CCC(C)C(C)C2)c1C(N)=S. The first kappa shape index (κ1) is 13.3. The number of anilines is 1. The molecule has 2 unspecified atom stereocenters. The molecule has 2 N–H and O–H groups in total. The Morgan fingerprint density at radius 3 is 2.78 bits per heavy atom. The van der Waals surface area contributed by atoms with Gasteiger partial charge in [0.15, 0.2) is 0 Å². The summed E-state index contributed by atoms with van der Waals surface area (Å²) in [6.45, 7) is 8.73. The largest absolute Gasteiger partial charge is 0.389 e. The van der Waals surface area contributed by atoms with Gasteiger partial charge in [0.1, 0.15) is 10.8 Å². The van der Waals surface area contributed by atoms with Crippen LogP contribution in [-0.4, -0.2) is 23.1 Å². The molecule has 1 aliphatic rings. The maximum atomic E-state index is 5.85. The van der Waals surface area contributed by atoms with Crippen molar-refractivity contribution < 1.29 is 0 Å². The van der Waals surface area contributed by atoms with Crippen LogP contribution in [0.2, 0.25) is 0 Å². The lowest BCUT2D eigenvalue weighted by molar-refractivity contribution is 0.322. The number of nitrogens with zero attached hydrogens (tertiary/aromatic N) is 2. The molecule has 1 aliphatic heterocycles. The molecule has 98 valence electrons. The molecular formula is C14H21N3S. The van der Waals surface area contributed by atoms with E-state index in [0.717, 1.165) is 36.0 Å². The lowest BCUT2D eigenvalue weighted by Crippen LogP contribution is -2.40. The average Bonchev–Trinajstić information content (AvgIpc) is 2.32. The lowest BCUT2D eigenvalue weighted by Gasteiger charge is -2.37. The van der Waals surface area contributed by atoms with Crippen molar-refractivity contribution in [3.63, 3.8) is 0 Å². The van der Waals surface area contributed by atoms with Crippen LogP contribution in [0.15, 0.2) is 12.3 Å². The number of hydrogen-bond donors (Lipinski definition) is 1. The molecule has 1 aromatic heterocycles. The molecule has 0 aliphatic carbocycles. The Morgan fingerprint density at radius 2 is 2.17 bits per heavy atom. The van der Waals surface area contributed by atoms with Crippen molar-refractivity contribution in [2.75, 3.05) is 18.0 Å². The Labute approximate surface area is 114 Å². The van der Waals surface area contributed by atoms with Gasteiger partial charge in [-0.25, -0.2) is 4.98 Å². The number of piperidine rings is 1. The molecule has 2 rings (SSSR count). The van der Waals surface area contributed by atoms with Crippen molar-refractivity contribution in [3.8, 4) is 0 Å². The van der Waals surface area contributed by atoms with E-state index in [2.05, 4.69) is 23.7 Å². The Balaban J connectivity index is 2.34. The van der Waals surface area contributed by atoms with Crippen LogP contribution in [0.4, 0.5) is 5.82 Å². The number of thiocarbonyl (C=S) groups is 1. The standard InChI is InChI=1S/C14H21N3S/c1-9-5-7-17(8-11(9)3)14-12(13(15)18)10(2)4-6-16-14/h4,6,9,11H,5,7-8H2,1-3H3,(H2,15,18). The van der Waals surface area contributed by atoms with Gasteiger partial charge in [-0.1, -0.05) is 26.1 Å². The zero-order valence-corrected chi connectivity index (χ0v) is 12.1. The molecular weight excluding hydrogens is 242 g/mol. The molecule has 0 amide bonds. The fraction of sp³-hybridized carbons (Fsp3) is 0.571. The summed E-state index contributed by atoms with van der Waals surface area (Å²) in [6.07, 6.45) is 3.04. The van der Waals surface area contributed by atoms with E-state index in [4.69, 9.17) is 18.0 Å². The van der Waals surface area contributed by atoms with Gasteiger partial charge in [-0.15, -0.1) is 0 Å². The van der Waals surface area contributed by atoms with Gasteiger partial charge < -0.3 is 10.6 Å². The first-order valence-electron chi connectivity index (χ1n) is 6.51. The van der Waals surface area contributed by atoms with E-state index in [1.807, 2.05) is 19.2 Å². The van der Waals surface area contributed by atoms with Crippen LogP contribution in [-0.2, 0) is 0 Å². The average molecular weight is 263 g/mol. The number of nitrogens with two attached hydrogens (primary N) is 1. The molecule has 0 radical (unpaired) electrons. The van der Waals surface area contributed by atoms with Crippen LogP contribution in [0, 0.1) is 18.8 Å². The molecule has 18 heavy (non-hydrogen) atoms. The van der Waals surface area contributed by atoms with E-state index in [9.17, 15) is 0 Å². The first-order chi connectivity index (χ1) is 8.50. The summed E-state index contributed by atoms with van der Waals surface area (Å²) in [5.74, 6) is 2.42. The van der Waals surface area contributed by atoms with Crippen molar-refractivity contribution >= 4 is 23.0 Å². The quantitative estimate of drug-likeness (QED) is 0.833. The minimum atomic E-state index is 0.446. The summed E-state index contributed by atoms with van der Waals surface area (Å²) in [6, 6.07) is 1.97. The van der Waals surface area contributed by atoms with Gasteiger partial charge in [-0.2, -0.15) is 0 Å². The number of aryl methyl sites for hydroxylation is 1.